The van der Waals surface area contributed by atoms with Gasteiger partial charge in [-0.25, -0.2) is 4.39 Å². The van der Waals surface area contributed by atoms with Crippen LogP contribution in [0.4, 0.5) is 4.39 Å². The minimum absolute atomic E-state index is 0.0627. The van der Waals surface area contributed by atoms with Crippen molar-refractivity contribution in [2.45, 2.75) is 88.6 Å². The highest BCUT2D eigenvalue weighted by Gasteiger charge is 2.24. The van der Waals surface area contributed by atoms with Gasteiger partial charge in [-0.2, -0.15) is 0 Å². The molecule has 2 fully saturated rings. The van der Waals surface area contributed by atoms with E-state index < -0.39 is 0 Å². The molecule has 1 saturated heterocycles. The van der Waals surface area contributed by atoms with E-state index in [1.165, 1.54) is 86.8 Å². The van der Waals surface area contributed by atoms with Crippen LogP contribution in [0.3, 0.4) is 0 Å². The van der Waals surface area contributed by atoms with Gasteiger partial charge in [-0.15, -0.1) is 23.5 Å². The Morgan fingerprint density at radius 2 is 1.45 bits per heavy atom. The summed E-state index contributed by atoms with van der Waals surface area (Å²) in [6, 6.07) is 14.7. The molecule has 0 bridgehead atoms. The molecule has 2 aliphatic rings. The van der Waals surface area contributed by atoms with Crippen molar-refractivity contribution in [3.8, 4) is 11.1 Å². The van der Waals surface area contributed by atoms with Gasteiger partial charge in [0.15, 0.2) is 0 Å². The summed E-state index contributed by atoms with van der Waals surface area (Å²) in [5, 5.41) is 0. The van der Waals surface area contributed by atoms with Gasteiger partial charge in [-0.3, -0.25) is 0 Å². The van der Waals surface area contributed by atoms with Crippen molar-refractivity contribution in [2.24, 2.45) is 11.8 Å². The molecule has 1 aliphatic heterocycles. The van der Waals surface area contributed by atoms with Crippen LogP contribution in [-0.4, -0.2) is 11.5 Å². The lowest BCUT2D eigenvalue weighted by molar-refractivity contribution is 0.308. The van der Waals surface area contributed by atoms with Crippen molar-refractivity contribution in [1.29, 1.82) is 0 Å². The van der Waals surface area contributed by atoms with Crippen LogP contribution in [0, 0.1) is 17.7 Å². The summed E-state index contributed by atoms with van der Waals surface area (Å²) in [6.07, 6.45) is 13.1. The Kier molecular flexibility index (Phi) is 9.67. The van der Waals surface area contributed by atoms with E-state index in [-0.39, 0.29) is 5.82 Å². The van der Waals surface area contributed by atoms with Gasteiger partial charge in [0, 0.05) is 5.56 Å². The number of halogens is 1. The molecule has 0 unspecified atom stereocenters. The van der Waals surface area contributed by atoms with Gasteiger partial charge >= 0.3 is 0 Å². The molecule has 2 aromatic rings. The Morgan fingerprint density at radius 3 is 2.09 bits per heavy atom. The van der Waals surface area contributed by atoms with Gasteiger partial charge in [-0.1, -0.05) is 82.3 Å². The number of rotatable bonds is 9. The second-order valence-electron chi connectivity index (χ2n) is 10.2. The lowest BCUT2D eigenvalue weighted by Gasteiger charge is -2.29. The predicted octanol–water partition coefficient (Wildman–Crippen LogP) is 10.2. The van der Waals surface area contributed by atoms with Crippen LogP contribution in [-0.2, 0) is 0 Å². The molecule has 3 heteroatoms. The Morgan fingerprint density at radius 1 is 0.758 bits per heavy atom. The highest BCUT2D eigenvalue weighted by atomic mass is 32.2. The quantitative estimate of drug-likeness (QED) is 0.325. The van der Waals surface area contributed by atoms with Crippen LogP contribution >= 0.6 is 23.5 Å². The van der Waals surface area contributed by atoms with Crippen LogP contribution < -0.4 is 0 Å². The van der Waals surface area contributed by atoms with Crippen molar-refractivity contribution in [3.05, 3.63) is 59.4 Å². The average molecular weight is 485 g/mol. The maximum Gasteiger partial charge on any atom is 0.131 e. The molecular formula is C30H41FS2. The van der Waals surface area contributed by atoms with Crippen LogP contribution in [0.15, 0.2) is 42.5 Å². The molecule has 0 aromatic heterocycles. The largest absolute Gasteiger partial charge is 0.206 e. The summed E-state index contributed by atoms with van der Waals surface area (Å²) in [7, 11) is 0. The van der Waals surface area contributed by atoms with Crippen LogP contribution in [0.1, 0.15) is 99.7 Å². The molecule has 4 rings (SSSR count). The normalized spacial score (nSPS) is 25.8. The zero-order valence-electron chi connectivity index (χ0n) is 20.5. The maximum absolute atomic E-state index is 15.1. The fourth-order valence-electron chi connectivity index (χ4n) is 5.62. The summed E-state index contributed by atoms with van der Waals surface area (Å²) in [6.45, 7) is 4.56. The Hall–Kier alpha value is -0.930. The maximum atomic E-state index is 15.1. The first-order valence-electron chi connectivity index (χ1n) is 13.3. The van der Waals surface area contributed by atoms with E-state index in [4.69, 9.17) is 0 Å². The summed E-state index contributed by atoms with van der Waals surface area (Å²) < 4.78 is 15.6. The van der Waals surface area contributed by atoms with E-state index in [1.54, 1.807) is 0 Å². The molecule has 1 saturated carbocycles. The van der Waals surface area contributed by atoms with E-state index in [0.717, 1.165) is 23.0 Å². The minimum Gasteiger partial charge on any atom is -0.206 e. The first-order valence-corrected chi connectivity index (χ1v) is 15.4. The fourth-order valence-corrected chi connectivity index (χ4v) is 8.78. The molecule has 180 valence electrons. The number of thioether (sulfide) groups is 2. The van der Waals surface area contributed by atoms with Gasteiger partial charge in [0.25, 0.3) is 0 Å². The SMILES string of the molecule is CCCCCC1CSC(c2ccc(-c3ccc(C4CCC(CCC)CC4)cc3F)cc2)SC1. The highest BCUT2D eigenvalue weighted by molar-refractivity contribution is 8.16. The van der Waals surface area contributed by atoms with Crippen molar-refractivity contribution in [1.82, 2.24) is 0 Å². The van der Waals surface area contributed by atoms with Gasteiger partial charge in [0.1, 0.15) is 5.82 Å². The zero-order valence-corrected chi connectivity index (χ0v) is 22.2. The molecule has 1 aliphatic carbocycles. The third-order valence-corrected chi connectivity index (χ3v) is 11.0. The summed E-state index contributed by atoms with van der Waals surface area (Å²) in [4.78, 5) is 0. The fraction of sp³-hybridized carbons (Fsp3) is 0.600. The Labute approximate surface area is 209 Å². The van der Waals surface area contributed by atoms with E-state index in [1.807, 2.05) is 12.1 Å². The third kappa shape index (κ3) is 6.82. The van der Waals surface area contributed by atoms with E-state index >= 15 is 4.39 Å². The minimum atomic E-state index is -0.0627. The Bertz CT molecular complexity index is 846. The smallest absolute Gasteiger partial charge is 0.131 e. The number of hydrogen-bond acceptors (Lipinski definition) is 2. The van der Waals surface area contributed by atoms with E-state index in [9.17, 15) is 0 Å². The molecule has 0 amide bonds. The monoisotopic (exact) mass is 484 g/mol. The first kappa shape index (κ1) is 25.2. The Balaban J connectivity index is 1.33. The topological polar surface area (TPSA) is 0 Å². The lowest BCUT2D eigenvalue weighted by atomic mass is 9.77. The molecule has 2 aromatic carbocycles. The molecule has 0 radical (unpaired) electrons. The van der Waals surface area contributed by atoms with E-state index in [2.05, 4.69) is 67.7 Å². The molecular weight excluding hydrogens is 443 g/mol. The van der Waals surface area contributed by atoms with Gasteiger partial charge in [0.05, 0.1) is 4.58 Å². The summed E-state index contributed by atoms with van der Waals surface area (Å²) >= 11 is 4.19. The van der Waals surface area contributed by atoms with Crippen LogP contribution in [0.25, 0.3) is 11.1 Å². The summed E-state index contributed by atoms with van der Waals surface area (Å²) in [5.41, 5.74) is 4.32. The number of benzene rings is 2. The van der Waals surface area contributed by atoms with Gasteiger partial charge in [-0.05, 0) is 84.1 Å². The molecule has 1 heterocycles. The highest BCUT2D eigenvalue weighted by Crippen LogP contribution is 2.47. The van der Waals surface area contributed by atoms with E-state index in [0.29, 0.717) is 10.5 Å². The van der Waals surface area contributed by atoms with Crippen molar-refractivity contribution in [2.75, 3.05) is 11.5 Å². The second-order valence-corrected chi connectivity index (χ2v) is 12.8. The zero-order chi connectivity index (χ0) is 23.0. The molecule has 0 nitrogen and oxygen atoms in total. The predicted molar refractivity (Wildman–Crippen MR) is 147 cm³/mol. The number of hydrogen-bond donors (Lipinski definition) is 0. The average Bonchev–Trinajstić information content (AvgIpc) is 2.85. The van der Waals surface area contributed by atoms with Crippen LogP contribution in [0.5, 0.6) is 0 Å². The van der Waals surface area contributed by atoms with Gasteiger partial charge in [0.2, 0.25) is 0 Å². The van der Waals surface area contributed by atoms with Crippen molar-refractivity contribution in [3.63, 3.8) is 0 Å². The molecule has 0 spiro atoms. The second kappa shape index (κ2) is 12.7. The summed E-state index contributed by atoms with van der Waals surface area (Å²) in [5.74, 6) is 4.79. The van der Waals surface area contributed by atoms with Crippen molar-refractivity contribution < 1.29 is 4.39 Å². The first-order chi connectivity index (χ1) is 16.2. The lowest BCUT2D eigenvalue weighted by Crippen LogP contribution is -2.14. The molecule has 0 atom stereocenters. The van der Waals surface area contributed by atoms with Gasteiger partial charge < -0.3 is 0 Å². The van der Waals surface area contributed by atoms with Crippen LogP contribution in [0.2, 0.25) is 0 Å². The number of unbranched alkanes of at least 4 members (excludes halogenated alkanes) is 2. The molecule has 0 N–H and O–H groups in total. The third-order valence-electron chi connectivity index (χ3n) is 7.68. The van der Waals surface area contributed by atoms with Crippen molar-refractivity contribution >= 4 is 23.5 Å². The standard InChI is InChI=1S/C30H41FS2/c1-3-5-6-8-23-20-32-30(33-21-23)26-15-13-25(14-16-26)28-18-17-27(19-29(28)31)24-11-9-22(7-4-2)10-12-24/h13-19,22-24,30H,3-12,20-21H2,1-2H3. The molecule has 33 heavy (non-hydrogen) atoms.